The Morgan fingerprint density at radius 2 is 2.06 bits per heavy atom. The number of aryl methyl sites for hydroxylation is 1. The molecule has 1 amide bonds. The Morgan fingerprint density at radius 3 is 2.59 bits per heavy atom. The topological polar surface area (TPSA) is 50.2 Å². The predicted octanol–water partition coefficient (Wildman–Crippen LogP) is 0.133. The lowest BCUT2D eigenvalue weighted by atomic mass is 10.0. The van der Waals surface area contributed by atoms with E-state index in [0.717, 1.165) is 26.2 Å². The number of nitrogens with zero attached hydrogens (tertiary/aromatic N) is 3. The molecule has 2 fully saturated rings. The summed E-state index contributed by atoms with van der Waals surface area (Å²) in [6.45, 7) is 3.90. The number of amides is 1. The highest BCUT2D eigenvalue weighted by atomic mass is 35.5. The van der Waals surface area contributed by atoms with Gasteiger partial charge in [0.25, 0.3) is 5.91 Å². The number of fused-ring (bicyclic) bond motifs is 1. The molecule has 0 bridgehead atoms. The van der Waals surface area contributed by atoms with Crippen molar-refractivity contribution in [2.75, 3.05) is 26.2 Å². The molecule has 94 valence electrons. The van der Waals surface area contributed by atoms with E-state index in [9.17, 15) is 4.79 Å². The third-order valence-electron chi connectivity index (χ3n) is 3.63. The smallest absolute Gasteiger partial charge is 0.257 e. The number of hydrogen-bond acceptors (Lipinski definition) is 3. The van der Waals surface area contributed by atoms with E-state index in [1.54, 1.807) is 17.1 Å². The Hall–Kier alpha value is -1.07. The lowest BCUT2D eigenvalue weighted by Gasteiger charge is -2.16. The number of hydrogen-bond donors (Lipinski definition) is 1. The average Bonchev–Trinajstić information content (AvgIpc) is 2.89. The van der Waals surface area contributed by atoms with Gasteiger partial charge >= 0.3 is 0 Å². The van der Waals surface area contributed by atoms with Crippen LogP contribution in [-0.2, 0) is 7.05 Å². The molecule has 6 heteroatoms. The molecule has 3 heterocycles. The van der Waals surface area contributed by atoms with Crippen LogP contribution in [-0.4, -0.2) is 46.8 Å². The monoisotopic (exact) mass is 256 g/mol. The second-order valence-corrected chi connectivity index (χ2v) is 4.79. The zero-order valence-corrected chi connectivity index (χ0v) is 10.6. The maximum absolute atomic E-state index is 12.1. The van der Waals surface area contributed by atoms with E-state index in [0.29, 0.717) is 17.4 Å². The first-order valence-electron chi connectivity index (χ1n) is 5.72. The Kier molecular flexibility index (Phi) is 3.40. The molecular formula is C11H17ClN4O. The number of aromatic nitrogens is 2. The summed E-state index contributed by atoms with van der Waals surface area (Å²) < 4.78 is 1.67. The summed E-state index contributed by atoms with van der Waals surface area (Å²) in [6, 6.07) is 0. The molecule has 0 unspecified atom stereocenters. The van der Waals surface area contributed by atoms with Crippen molar-refractivity contribution >= 4 is 18.3 Å². The first kappa shape index (κ1) is 12.4. The largest absolute Gasteiger partial charge is 0.338 e. The Morgan fingerprint density at radius 1 is 1.41 bits per heavy atom. The number of carbonyl (C=O) groups excluding carboxylic acids is 1. The Bertz CT molecular complexity index is 407. The van der Waals surface area contributed by atoms with E-state index in [-0.39, 0.29) is 18.3 Å². The fourth-order valence-electron chi connectivity index (χ4n) is 2.74. The molecule has 1 aromatic rings. The highest BCUT2D eigenvalue weighted by molar-refractivity contribution is 5.93. The number of nitrogens with one attached hydrogen (secondary N) is 1. The van der Waals surface area contributed by atoms with Gasteiger partial charge in [-0.3, -0.25) is 9.48 Å². The summed E-state index contributed by atoms with van der Waals surface area (Å²) in [7, 11) is 1.83. The normalized spacial score (nSPS) is 26.8. The average molecular weight is 257 g/mol. The van der Waals surface area contributed by atoms with Crippen molar-refractivity contribution in [2.24, 2.45) is 18.9 Å². The molecule has 3 rings (SSSR count). The van der Waals surface area contributed by atoms with Gasteiger partial charge in [0.15, 0.2) is 0 Å². The van der Waals surface area contributed by atoms with E-state index in [1.807, 2.05) is 11.9 Å². The highest BCUT2D eigenvalue weighted by Gasteiger charge is 2.38. The van der Waals surface area contributed by atoms with Gasteiger partial charge in [0.05, 0.1) is 11.8 Å². The summed E-state index contributed by atoms with van der Waals surface area (Å²) in [5.74, 6) is 1.43. The van der Waals surface area contributed by atoms with Crippen molar-refractivity contribution in [2.45, 2.75) is 0 Å². The minimum atomic E-state index is 0. The van der Waals surface area contributed by atoms with Gasteiger partial charge in [0.2, 0.25) is 0 Å². The van der Waals surface area contributed by atoms with E-state index in [4.69, 9.17) is 0 Å². The lowest BCUT2D eigenvalue weighted by Crippen LogP contribution is -2.31. The lowest BCUT2D eigenvalue weighted by molar-refractivity contribution is 0.0781. The van der Waals surface area contributed by atoms with Crippen LogP contribution in [0.2, 0.25) is 0 Å². The van der Waals surface area contributed by atoms with Crippen LogP contribution >= 0.6 is 12.4 Å². The van der Waals surface area contributed by atoms with Crippen LogP contribution in [0.3, 0.4) is 0 Å². The van der Waals surface area contributed by atoms with Gasteiger partial charge in [-0.1, -0.05) is 0 Å². The molecule has 0 aromatic carbocycles. The van der Waals surface area contributed by atoms with Crippen molar-refractivity contribution < 1.29 is 4.79 Å². The molecule has 2 saturated heterocycles. The van der Waals surface area contributed by atoms with Crippen LogP contribution in [0, 0.1) is 11.8 Å². The van der Waals surface area contributed by atoms with Gasteiger partial charge in [0.1, 0.15) is 0 Å². The van der Waals surface area contributed by atoms with Crippen molar-refractivity contribution in [3.63, 3.8) is 0 Å². The standard InChI is InChI=1S/C11H16N4O.ClH/c1-14-5-10(4-13-14)11(16)15-6-8-2-12-3-9(8)7-15;/h4-5,8-9,12H,2-3,6-7H2,1H3;1H/t8-,9+;. The number of rotatable bonds is 1. The molecule has 1 N–H and O–H groups in total. The summed E-state index contributed by atoms with van der Waals surface area (Å²) in [6.07, 6.45) is 3.43. The molecule has 2 atom stereocenters. The second-order valence-electron chi connectivity index (χ2n) is 4.79. The van der Waals surface area contributed by atoms with Crippen LogP contribution in [0.1, 0.15) is 10.4 Å². The highest BCUT2D eigenvalue weighted by Crippen LogP contribution is 2.27. The molecule has 17 heavy (non-hydrogen) atoms. The summed E-state index contributed by atoms with van der Waals surface area (Å²) in [5.41, 5.74) is 0.704. The Balaban J connectivity index is 0.00000108. The first-order valence-corrected chi connectivity index (χ1v) is 5.72. The minimum Gasteiger partial charge on any atom is -0.338 e. The number of likely N-dealkylation sites (tertiary alicyclic amines) is 1. The molecule has 1 aromatic heterocycles. The summed E-state index contributed by atoms with van der Waals surface area (Å²) >= 11 is 0. The van der Waals surface area contributed by atoms with Crippen molar-refractivity contribution in [3.05, 3.63) is 18.0 Å². The summed E-state index contributed by atoms with van der Waals surface area (Å²) in [5, 5.41) is 7.41. The van der Waals surface area contributed by atoms with Crippen LogP contribution in [0.5, 0.6) is 0 Å². The zero-order chi connectivity index (χ0) is 11.1. The number of halogens is 1. The van der Waals surface area contributed by atoms with Gasteiger partial charge < -0.3 is 10.2 Å². The molecule has 0 saturated carbocycles. The fraction of sp³-hybridized carbons (Fsp3) is 0.636. The van der Waals surface area contributed by atoms with Gasteiger partial charge in [-0.15, -0.1) is 12.4 Å². The molecule has 0 spiro atoms. The van der Waals surface area contributed by atoms with E-state index < -0.39 is 0 Å². The van der Waals surface area contributed by atoms with Gasteiger partial charge in [-0.25, -0.2) is 0 Å². The molecule has 0 aliphatic carbocycles. The zero-order valence-electron chi connectivity index (χ0n) is 9.80. The van der Waals surface area contributed by atoms with E-state index >= 15 is 0 Å². The quantitative estimate of drug-likeness (QED) is 0.777. The van der Waals surface area contributed by atoms with Crippen molar-refractivity contribution in [1.82, 2.24) is 20.0 Å². The third-order valence-corrected chi connectivity index (χ3v) is 3.63. The van der Waals surface area contributed by atoms with Gasteiger partial charge in [-0.05, 0) is 11.8 Å². The summed E-state index contributed by atoms with van der Waals surface area (Å²) in [4.78, 5) is 14.1. The number of carbonyl (C=O) groups is 1. The Labute approximate surface area is 107 Å². The first-order chi connectivity index (χ1) is 7.74. The maximum atomic E-state index is 12.1. The fourth-order valence-corrected chi connectivity index (χ4v) is 2.74. The van der Waals surface area contributed by atoms with Gasteiger partial charge in [-0.2, -0.15) is 5.10 Å². The molecular weight excluding hydrogens is 240 g/mol. The van der Waals surface area contributed by atoms with E-state index in [2.05, 4.69) is 10.4 Å². The third kappa shape index (κ3) is 2.17. The second kappa shape index (κ2) is 4.66. The molecule has 5 nitrogen and oxygen atoms in total. The van der Waals surface area contributed by atoms with Crippen LogP contribution in [0.4, 0.5) is 0 Å². The maximum Gasteiger partial charge on any atom is 0.257 e. The molecule has 2 aliphatic rings. The predicted molar refractivity (Wildman–Crippen MR) is 66.2 cm³/mol. The van der Waals surface area contributed by atoms with E-state index in [1.165, 1.54) is 0 Å². The minimum absolute atomic E-state index is 0. The van der Waals surface area contributed by atoms with Crippen LogP contribution in [0.25, 0.3) is 0 Å². The van der Waals surface area contributed by atoms with Crippen LogP contribution in [0.15, 0.2) is 12.4 Å². The van der Waals surface area contributed by atoms with Crippen LogP contribution < -0.4 is 5.32 Å². The van der Waals surface area contributed by atoms with Crippen molar-refractivity contribution in [1.29, 1.82) is 0 Å². The SMILES string of the molecule is Cl.Cn1cc(C(=O)N2C[C@H]3CNC[C@H]3C2)cn1. The van der Waals surface area contributed by atoms with Crippen molar-refractivity contribution in [3.8, 4) is 0 Å². The van der Waals surface area contributed by atoms with Gasteiger partial charge in [0, 0.05) is 39.4 Å². The molecule has 0 radical (unpaired) electrons. The molecule has 2 aliphatic heterocycles.